The summed E-state index contributed by atoms with van der Waals surface area (Å²) < 4.78 is 6.91. The molecule has 7 heteroatoms. The van der Waals surface area contributed by atoms with Gasteiger partial charge in [-0.3, -0.25) is 14.2 Å². The molecule has 0 unspecified atom stereocenters. The fraction of sp³-hybridized carbons (Fsp3) is 0.458. The number of benzene rings is 1. The molecule has 0 spiro atoms. The van der Waals surface area contributed by atoms with E-state index in [1.54, 1.807) is 29.3 Å². The van der Waals surface area contributed by atoms with Crippen LogP contribution in [0.2, 0.25) is 0 Å². The molecule has 1 aromatic carbocycles. The summed E-state index contributed by atoms with van der Waals surface area (Å²) in [7, 11) is 1.65. The van der Waals surface area contributed by atoms with Gasteiger partial charge in [0.1, 0.15) is 10.6 Å². The van der Waals surface area contributed by atoms with Crippen molar-refractivity contribution < 1.29 is 9.53 Å². The Labute approximate surface area is 186 Å². The molecule has 4 rings (SSSR count). The second kappa shape index (κ2) is 8.46. The molecule has 0 fully saturated rings. The van der Waals surface area contributed by atoms with Gasteiger partial charge in [0.05, 0.1) is 25.4 Å². The molecule has 164 valence electrons. The van der Waals surface area contributed by atoms with Gasteiger partial charge in [-0.05, 0) is 41.5 Å². The van der Waals surface area contributed by atoms with Crippen molar-refractivity contribution in [3.05, 3.63) is 57.0 Å². The number of aromatic nitrogens is 2. The van der Waals surface area contributed by atoms with Crippen LogP contribution in [0.1, 0.15) is 43.2 Å². The number of hydrogen-bond donors (Lipinski definition) is 0. The number of carbonyl (C=O) groups is 1. The van der Waals surface area contributed by atoms with Crippen molar-refractivity contribution in [1.29, 1.82) is 0 Å². The lowest BCUT2D eigenvalue weighted by atomic mass is 9.91. The Morgan fingerprint density at radius 1 is 1.23 bits per heavy atom. The van der Waals surface area contributed by atoms with Crippen molar-refractivity contribution in [1.82, 2.24) is 14.5 Å². The molecule has 1 aliphatic rings. The van der Waals surface area contributed by atoms with Gasteiger partial charge in [0.25, 0.3) is 5.56 Å². The van der Waals surface area contributed by atoms with Crippen molar-refractivity contribution in [2.45, 2.75) is 53.1 Å². The summed E-state index contributed by atoms with van der Waals surface area (Å²) in [4.78, 5) is 34.2. The third-order valence-corrected chi connectivity index (χ3v) is 6.79. The minimum Gasteiger partial charge on any atom is -0.497 e. The van der Waals surface area contributed by atoms with E-state index in [0.717, 1.165) is 38.4 Å². The Bertz CT molecular complexity index is 1160. The molecule has 0 atom stereocenters. The zero-order chi connectivity index (χ0) is 22.2. The van der Waals surface area contributed by atoms with Gasteiger partial charge in [0.2, 0.25) is 5.91 Å². The minimum absolute atomic E-state index is 0.0190. The normalized spacial score (nSPS) is 14.0. The number of amides is 1. The van der Waals surface area contributed by atoms with Gasteiger partial charge in [0.15, 0.2) is 0 Å². The van der Waals surface area contributed by atoms with Gasteiger partial charge in [0, 0.05) is 24.4 Å². The molecule has 0 saturated heterocycles. The van der Waals surface area contributed by atoms with E-state index in [2.05, 4.69) is 25.8 Å². The van der Waals surface area contributed by atoms with Crippen molar-refractivity contribution in [2.24, 2.45) is 5.41 Å². The number of hydrogen-bond acceptors (Lipinski definition) is 5. The summed E-state index contributed by atoms with van der Waals surface area (Å²) in [6.07, 6.45) is 3.64. The highest BCUT2D eigenvalue weighted by Crippen LogP contribution is 2.33. The van der Waals surface area contributed by atoms with Crippen LogP contribution in [0.3, 0.4) is 0 Å². The molecular weight excluding hydrogens is 410 g/mol. The molecule has 1 amide bonds. The van der Waals surface area contributed by atoms with Gasteiger partial charge < -0.3 is 9.64 Å². The van der Waals surface area contributed by atoms with E-state index in [9.17, 15) is 9.59 Å². The first-order valence-electron chi connectivity index (χ1n) is 10.7. The van der Waals surface area contributed by atoms with Crippen LogP contribution in [0.25, 0.3) is 10.2 Å². The molecule has 6 nitrogen and oxygen atoms in total. The molecule has 0 bridgehead atoms. The smallest absolute Gasteiger partial charge is 0.262 e. The molecule has 3 aromatic rings. The van der Waals surface area contributed by atoms with Crippen LogP contribution < -0.4 is 10.3 Å². The third-order valence-electron chi connectivity index (χ3n) is 5.66. The summed E-state index contributed by atoms with van der Waals surface area (Å²) in [6.45, 7) is 8.06. The Morgan fingerprint density at radius 3 is 2.65 bits per heavy atom. The van der Waals surface area contributed by atoms with Gasteiger partial charge >= 0.3 is 0 Å². The quantitative estimate of drug-likeness (QED) is 0.602. The van der Waals surface area contributed by atoms with E-state index in [4.69, 9.17) is 4.74 Å². The SMILES string of the molecule is COc1ccc(CCn2cnc3sc4c(c3c2=O)CCN(C(=O)CC(C)(C)C)C4)cc1. The first-order chi connectivity index (χ1) is 14.7. The predicted molar refractivity (Wildman–Crippen MR) is 124 cm³/mol. The molecule has 0 N–H and O–H groups in total. The molecule has 31 heavy (non-hydrogen) atoms. The lowest BCUT2D eigenvalue weighted by molar-refractivity contribution is -0.133. The highest BCUT2D eigenvalue weighted by Gasteiger charge is 2.28. The minimum atomic E-state index is -0.0311. The van der Waals surface area contributed by atoms with Crippen LogP contribution in [-0.2, 0) is 30.7 Å². The van der Waals surface area contributed by atoms with E-state index in [-0.39, 0.29) is 16.9 Å². The second-order valence-electron chi connectivity index (χ2n) is 9.33. The van der Waals surface area contributed by atoms with Crippen molar-refractivity contribution in [3.8, 4) is 5.75 Å². The molecule has 1 aliphatic heterocycles. The van der Waals surface area contributed by atoms with Crippen molar-refractivity contribution in [3.63, 3.8) is 0 Å². The van der Waals surface area contributed by atoms with Crippen LogP contribution in [0.5, 0.6) is 5.75 Å². The second-order valence-corrected chi connectivity index (χ2v) is 10.4. The van der Waals surface area contributed by atoms with Crippen molar-refractivity contribution in [2.75, 3.05) is 13.7 Å². The maximum atomic E-state index is 13.2. The molecule has 0 radical (unpaired) electrons. The average molecular weight is 440 g/mol. The van der Waals surface area contributed by atoms with E-state index in [1.165, 1.54) is 0 Å². The summed E-state index contributed by atoms with van der Waals surface area (Å²) in [5.41, 5.74) is 2.21. The van der Waals surface area contributed by atoms with Gasteiger partial charge in [-0.25, -0.2) is 4.98 Å². The molecule has 0 saturated carbocycles. The number of fused-ring (bicyclic) bond motifs is 3. The lowest BCUT2D eigenvalue weighted by Gasteiger charge is -2.29. The number of ether oxygens (including phenoxy) is 1. The monoisotopic (exact) mass is 439 g/mol. The summed E-state index contributed by atoms with van der Waals surface area (Å²) in [6, 6.07) is 7.90. The zero-order valence-corrected chi connectivity index (χ0v) is 19.4. The van der Waals surface area contributed by atoms with E-state index < -0.39 is 0 Å². The van der Waals surface area contributed by atoms with Crippen molar-refractivity contribution >= 4 is 27.5 Å². The number of methoxy groups -OCH3 is 1. The van der Waals surface area contributed by atoms with E-state index in [0.29, 0.717) is 32.5 Å². The third kappa shape index (κ3) is 4.66. The fourth-order valence-corrected chi connectivity index (χ4v) is 5.19. The summed E-state index contributed by atoms with van der Waals surface area (Å²) in [5.74, 6) is 1.00. The number of nitrogens with zero attached hydrogens (tertiary/aromatic N) is 3. The average Bonchev–Trinajstić information content (AvgIpc) is 3.11. The predicted octanol–water partition coefficient (Wildman–Crippen LogP) is 4.03. The van der Waals surface area contributed by atoms with Crippen LogP contribution in [-0.4, -0.2) is 34.0 Å². The maximum Gasteiger partial charge on any atom is 0.262 e. The van der Waals surface area contributed by atoms with Crippen LogP contribution in [0.4, 0.5) is 0 Å². The Hall–Kier alpha value is -2.67. The van der Waals surface area contributed by atoms with Crippen LogP contribution in [0.15, 0.2) is 35.4 Å². The number of aryl methyl sites for hydroxylation is 2. The largest absolute Gasteiger partial charge is 0.497 e. The summed E-state index contributed by atoms with van der Waals surface area (Å²) in [5, 5.41) is 0.736. The van der Waals surface area contributed by atoms with E-state index in [1.807, 2.05) is 29.2 Å². The fourth-order valence-electron chi connectivity index (χ4n) is 4.00. The zero-order valence-electron chi connectivity index (χ0n) is 18.6. The molecule has 2 aromatic heterocycles. The maximum absolute atomic E-state index is 13.2. The Balaban J connectivity index is 1.54. The lowest BCUT2D eigenvalue weighted by Crippen LogP contribution is -2.37. The molecular formula is C24H29N3O3S. The van der Waals surface area contributed by atoms with Gasteiger partial charge in [-0.15, -0.1) is 11.3 Å². The first kappa shape index (κ1) is 21.6. The number of carbonyl (C=O) groups excluding carboxylic acids is 1. The topological polar surface area (TPSA) is 64.4 Å². The highest BCUT2D eigenvalue weighted by molar-refractivity contribution is 7.18. The highest BCUT2D eigenvalue weighted by atomic mass is 32.1. The van der Waals surface area contributed by atoms with Gasteiger partial charge in [-0.2, -0.15) is 0 Å². The Kier molecular flexibility index (Phi) is 5.88. The van der Waals surface area contributed by atoms with Crippen LogP contribution >= 0.6 is 11.3 Å². The number of rotatable bonds is 5. The van der Waals surface area contributed by atoms with Gasteiger partial charge in [-0.1, -0.05) is 32.9 Å². The molecule has 3 heterocycles. The number of thiophene rings is 1. The standard InChI is InChI=1S/C24H29N3O3S/c1-24(2,3)13-20(28)26-12-10-18-19(14-26)31-22-21(18)23(29)27(15-25-22)11-9-16-5-7-17(30-4)8-6-16/h5-8,15H,9-14H2,1-4H3. The molecule has 0 aliphatic carbocycles. The summed E-state index contributed by atoms with van der Waals surface area (Å²) >= 11 is 1.55. The Morgan fingerprint density at radius 2 is 1.97 bits per heavy atom. The van der Waals surface area contributed by atoms with E-state index >= 15 is 0 Å². The van der Waals surface area contributed by atoms with Crippen LogP contribution in [0, 0.1) is 5.41 Å². The first-order valence-corrected chi connectivity index (χ1v) is 11.5.